The number of hydrogen-bond acceptors (Lipinski definition) is 7. The summed E-state index contributed by atoms with van der Waals surface area (Å²) in [5, 5.41) is 4.02. The largest absolute Gasteiger partial charge is 0.414 e. The highest BCUT2D eigenvalue weighted by Crippen LogP contribution is 2.62. The number of nitrogens with zero attached hydrogens (tertiary/aromatic N) is 2. The van der Waals surface area contributed by atoms with Crippen LogP contribution in [-0.4, -0.2) is 36.3 Å². The van der Waals surface area contributed by atoms with E-state index >= 15 is 0 Å². The fourth-order valence-corrected chi connectivity index (χ4v) is 8.92. The maximum absolute atomic E-state index is 11.7. The summed E-state index contributed by atoms with van der Waals surface area (Å²) in [7, 11) is -2.03. The van der Waals surface area contributed by atoms with Crippen molar-refractivity contribution in [1.82, 2.24) is 9.78 Å². The SMILES string of the molecule is CCOP(=S)(Oc1nn(C)c(S(C)(=O)=O)c1Cl)SC(C)C. The van der Waals surface area contributed by atoms with E-state index in [2.05, 4.69) is 5.10 Å². The molecule has 0 aromatic carbocycles. The van der Waals surface area contributed by atoms with E-state index in [1.807, 2.05) is 20.8 Å². The van der Waals surface area contributed by atoms with Crippen molar-refractivity contribution in [2.45, 2.75) is 31.0 Å². The van der Waals surface area contributed by atoms with Crippen LogP contribution in [0.2, 0.25) is 5.02 Å². The van der Waals surface area contributed by atoms with Gasteiger partial charge in [0, 0.05) is 18.6 Å². The molecule has 0 amide bonds. The second kappa shape index (κ2) is 7.19. The monoisotopic (exact) mass is 392 g/mol. The minimum atomic E-state index is -3.52. The van der Waals surface area contributed by atoms with Gasteiger partial charge in [0.05, 0.1) is 6.61 Å². The topological polar surface area (TPSA) is 70.4 Å². The number of hydrogen-bond donors (Lipinski definition) is 0. The molecular formula is C10H18ClN2O4PS3. The summed E-state index contributed by atoms with van der Waals surface area (Å²) in [6.07, 6.45) is 1.06. The zero-order valence-electron chi connectivity index (χ0n) is 12.4. The van der Waals surface area contributed by atoms with E-state index in [1.54, 1.807) is 0 Å². The van der Waals surface area contributed by atoms with Crippen LogP contribution in [0.25, 0.3) is 0 Å². The van der Waals surface area contributed by atoms with E-state index in [0.29, 0.717) is 6.61 Å². The molecule has 21 heavy (non-hydrogen) atoms. The molecule has 1 rings (SSSR count). The molecule has 0 saturated carbocycles. The van der Waals surface area contributed by atoms with Crippen LogP contribution in [0.5, 0.6) is 5.88 Å². The molecule has 0 aliphatic carbocycles. The molecule has 0 fully saturated rings. The molecular weight excluding hydrogens is 375 g/mol. The molecule has 0 aliphatic rings. The number of sulfone groups is 1. The van der Waals surface area contributed by atoms with E-state index in [0.717, 1.165) is 6.26 Å². The van der Waals surface area contributed by atoms with Gasteiger partial charge in [0.25, 0.3) is 11.6 Å². The van der Waals surface area contributed by atoms with Gasteiger partial charge in [-0.2, -0.15) is 0 Å². The normalized spacial score (nSPS) is 15.2. The van der Waals surface area contributed by atoms with E-state index in [-0.39, 0.29) is 21.2 Å². The zero-order chi connectivity index (χ0) is 16.4. The molecule has 0 spiro atoms. The van der Waals surface area contributed by atoms with Crippen LogP contribution >= 0.6 is 28.7 Å². The third kappa shape index (κ3) is 5.11. The molecule has 122 valence electrons. The van der Waals surface area contributed by atoms with Crippen molar-refractivity contribution < 1.29 is 17.5 Å². The van der Waals surface area contributed by atoms with E-state index in [9.17, 15) is 8.42 Å². The second-order valence-corrected chi connectivity index (χ2v) is 13.4. The third-order valence-electron chi connectivity index (χ3n) is 2.09. The zero-order valence-corrected chi connectivity index (χ0v) is 16.5. The van der Waals surface area contributed by atoms with Crippen LogP contribution < -0.4 is 4.52 Å². The van der Waals surface area contributed by atoms with Gasteiger partial charge in [-0.3, -0.25) is 4.68 Å². The lowest BCUT2D eigenvalue weighted by molar-refractivity contribution is 0.341. The molecule has 0 saturated heterocycles. The first-order chi connectivity index (χ1) is 9.50. The molecule has 0 radical (unpaired) electrons. The minimum absolute atomic E-state index is 0.00970. The van der Waals surface area contributed by atoms with E-state index in [1.165, 1.54) is 23.1 Å². The lowest BCUT2D eigenvalue weighted by Gasteiger charge is -2.21. The van der Waals surface area contributed by atoms with Gasteiger partial charge in [-0.15, -0.1) is 5.10 Å². The van der Waals surface area contributed by atoms with Gasteiger partial charge in [-0.1, -0.05) is 36.8 Å². The Morgan fingerprint density at radius 2 is 2.10 bits per heavy atom. The summed E-state index contributed by atoms with van der Waals surface area (Å²) in [5.74, 6) is -0.00970. The predicted octanol–water partition coefficient (Wildman–Crippen LogP) is 3.26. The first kappa shape index (κ1) is 19.3. The van der Waals surface area contributed by atoms with Crippen LogP contribution in [0.3, 0.4) is 0 Å². The maximum atomic E-state index is 11.7. The van der Waals surface area contributed by atoms with E-state index in [4.69, 9.17) is 32.5 Å². The summed E-state index contributed by atoms with van der Waals surface area (Å²) in [4.78, 5) is 0. The van der Waals surface area contributed by atoms with Gasteiger partial charge in [0.15, 0.2) is 14.9 Å². The van der Waals surface area contributed by atoms with Crippen molar-refractivity contribution in [3.63, 3.8) is 0 Å². The van der Waals surface area contributed by atoms with Crippen LogP contribution in [0.15, 0.2) is 5.03 Å². The molecule has 1 aromatic rings. The van der Waals surface area contributed by atoms with Crippen molar-refractivity contribution in [2.75, 3.05) is 12.9 Å². The Balaban J connectivity index is 3.21. The van der Waals surface area contributed by atoms with Crippen molar-refractivity contribution in [3.05, 3.63) is 5.02 Å². The number of rotatable bonds is 7. The number of aromatic nitrogens is 2. The predicted molar refractivity (Wildman–Crippen MR) is 90.6 cm³/mol. The van der Waals surface area contributed by atoms with Crippen LogP contribution in [0.4, 0.5) is 0 Å². The van der Waals surface area contributed by atoms with Gasteiger partial charge in [0.2, 0.25) is 0 Å². The summed E-state index contributed by atoms with van der Waals surface area (Å²) in [5.41, 5.74) is -2.69. The summed E-state index contributed by atoms with van der Waals surface area (Å²) in [6, 6.07) is 0. The molecule has 1 unspecified atom stereocenters. The minimum Gasteiger partial charge on any atom is -0.414 e. The molecule has 11 heteroatoms. The van der Waals surface area contributed by atoms with Gasteiger partial charge in [-0.05, 0) is 18.7 Å². The fraction of sp³-hybridized carbons (Fsp3) is 0.700. The number of halogens is 1. The Hall–Kier alpha value is 0.210. The third-order valence-corrected chi connectivity index (χ3v) is 9.25. The quantitative estimate of drug-likeness (QED) is 0.659. The van der Waals surface area contributed by atoms with Crippen molar-refractivity contribution in [2.24, 2.45) is 7.05 Å². The average Bonchev–Trinajstić information content (AvgIpc) is 2.51. The Morgan fingerprint density at radius 3 is 2.48 bits per heavy atom. The highest BCUT2D eigenvalue weighted by atomic mass is 35.5. The lowest BCUT2D eigenvalue weighted by atomic mass is 10.6. The summed E-state index contributed by atoms with van der Waals surface area (Å²) in [6.45, 7) is 6.14. The molecule has 6 nitrogen and oxygen atoms in total. The van der Waals surface area contributed by atoms with Gasteiger partial charge >= 0.3 is 0 Å². The molecule has 1 atom stereocenters. The Labute approximate surface area is 139 Å². The Morgan fingerprint density at radius 1 is 1.52 bits per heavy atom. The molecule has 1 aromatic heterocycles. The fourth-order valence-electron chi connectivity index (χ4n) is 1.52. The highest BCUT2D eigenvalue weighted by Gasteiger charge is 2.30. The molecule has 0 aliphatic heterocycles. The van der Waals surface area contributed by atoms with Gasteiger partial charge in [0.1, 0.15) is 5.02 Å². The maximum Gasteiger partial charge on any atom is 0.299 e. The second-order valence-electron chi connectivity index (χ2n) is 4.43. The van der Waals surface area contributed by atoms with Crippen molar-refractivity contribution in [3.8, 4) is 5.88 Å². The van der Waals surface area contributed by atoms with Crippen molar-refractivity contribution in [1.29, 1.82) is 0 Å². The van der Waals surface area contributed by atoms with E-state index < -0.39 is 15.5 Å². The highest BCUT2D eigenvalue weighted by molar-refractivity contribution is 8.68. The Bertz CT molecular complexity index is 660. The smallest absolute Gasteiger partial charge is 0.299 e. The molecule has 1 heterocycles. The van der Waals surface area contributed by atoms with Crippen LogP contribution in [-0.2, 0) is 33.2 Å². The molecule has 0 N–H and O–H groups in total. The van der Waals surface area contributed by atoms with Gasteiger partial charge in [-0.25, -0.2) is 8.42 Å². The summed E-state index contributed by atoms with van der Waals surface area (Å²) >= 11 is 12.9. The summed E-state index contributed by atoms with van der Waals surface area (Å²) < 4.78 is 35.8. The van der Waals surface area contributed by atoms with Crippen molar-refractivity contribution >= 4 is 50.3 Å². The standard InChI is InChI=1S/C10H18ClN2O4PS3/c1-6-16-18(19,20-7(2)3)17-9-8(11)10(13(4)12-9)21(5,14)15/h7H,6H2,1-5H3. The van der Waals surface area contributed by atoms with Gasteiger partial charge < -0.3 is 9.05 Å². The lowest BCUT2D eigenvalue weighted by Crippen LogP contribution is -2.05. The van der Waals surface area contributed by atoms with Crippen LogP contribution in [0.1, 0.15) is 20.8 Å². The van der Waals surface area contributed by atoms with Crippen LogP contribution in [0, 0.1) is 0 Å². The average molecular weight is 393 g/mol. The Kier molecular flexibility index (Phi) is 6.59. The first-order valence-electron chi connectivity index (χ1n) is 6.05. The molecule has 0 bridgehead atoms. The first-order valence-corrected chi connectivity index (χ1v) is 12.4. The number of aryl methyl sites for hydroxylation is 1.